The number of rotatable bonds is 5. The van der Waals surface area contributed by atoms with Gasteiger partial charge in [0.05, 0.1) is 0 Å². The van der Waals surface area contributed by atoms with Gasteiger partial charge in [-0.05, 0) is 33.1 Å². The summed E-state index contributed by atoms with van der Waals surface area (Å²) in [5.74, 6) is 0. The lowest BCUT2D eigenvalue weighted by Crippen LogP contribution is -1.95. The van der Waals surface area contributed by atoms with Crippen molar-refractivity contribution in [1.82, 2.24) is 5.48 Å². The highest BCUT2D eigenvalue weighted by molar-refractivity contribution is 4.96. The summed E-state index contributed by atoms with van der Waals surface area (Å²) in [6.45, 7) is 7.83. The Hall–Kier alpha value is -0.760. The van der Waals surface area contributed by atoms with Crippen molar-refractivity contribution in [1.29, 1.82) is 0 Å². The Morgan fingerprint density at radius 1 is 1.45 bits per heavy atom. The van der Waals surface area contributed by atoms with E-state index in [2.05, 4.69) is 6.58 Å². The van der Waals surface area contributed by atoms with Crippen molar-refractivity contribution >= 4 is 0 Å². The van der Waals surface area contributed by atoms with Crippen LogP contribution in [0.3, 0.4) is 0 Å². The first-order valence-corrected chi connectivity index (χ1v) is 3.86. The van der Waals surface area contributed by atoms with Gasteiger partial charge in [0.15, 0.2) is 0 Å². The van der Waals surface area contributed by atoms with Crippen LogP contribution in [-0.4, -0.2) is 5.21 Å². The van der Waals surface area contributed by atoms with Crippen LogP contribution < -0.4 is 5.48 Å². The molecular formula is C9H17NO. The largest absolute Gasteiger partial charge is 0.292 e. The Labute approximate surface area is 68.6 Å². The summed E-state index contributed by atoms with van der Waals surface area (Å²) in [5, 5.41) is 8.30. The van der Waals surface area contributed by atoms with Gasteiger partial charge in [0.2, 0.25) is 0 Å². The fourth-order valence-electron chi connectivity index (χ4n) is 0.851. The Bertz CT molecular complexity index is 150. The Morgan fingerprint density at radius 3 is 2.55 bits per heavy atom. The van der Waals surface area contributed by atoms with Crippen molar-refractivity contribution in [2.24, 2.45) is 0 Å². The minimum Gasteiger partial charge on any atom is -0.292 e. The van der Waals surface area contributed by atoms with E-state index in [0.29, 0.717) is 0 Å². The van der Waals surface area contributed by atoms with Crippen molar-refractivity contribution in [2.75, 3.05) is 0 Å². The smallest absolute Gasteiger partial charge is 0.0229 e. The van der Waals surface area contributed by atoms with Gasteiger partial charge < -0.3 is 0 Å². The summed E-state index contributed by atoms with van der Waals surface area (Å²) in [6.07, 6.45) is 4.80. The highest BCUT2D eigenvalue weighted by Crippen LogP contribution is 2.08. The average molecular weight is 155 g/mol. The zero-order valence-electron chi connectivity index (χ0n) is 7.35. The molecular weight excluding hydrogens is 138 g/mol. The fraction of sp³-hybridized carbons (Fsp3) is 0.556. The number of hydrogen-bond donors (Lipinski definition) is 2. The van der Waals surface area contributed by atoms with Crippen LogP contribution in [0.2, 0.25) is 0 Å². The van der Waals surface area contributed by atoms with Gasteiger partial charge in [0.25, 0.3) is 0 Å². The molecule has 2 heteroatoms. The quantitative estimate of drug-likeness (QED) is 0.472. The van der Waals surface area contributed by atoms with Crippen LogP contribution in [0, 0.1) is 0 Å². The predicted molar refractivity (Wildman–Crippen MR) is 47.3 cm³/mol. The van der Waals surface area contributed by atoms with Gasteiger partial charge in [-0.2, -0.15) is 0 Å². The van der Waals surface area contributed by atoms with Gasteiger partial charge >= 0.3 is 0 Å². The molecule has 0 amide bonds. The van der Waals surface area contributed by atoms with E-state index in [9.17, 15) is 0 Å². The first-order valence-electron chi connectivity index (χ1n) is 3.86. The molecule has 0 rings (SSSR count). The van der Waals surface area contributed by atoms with Crippen LogP contribution in [0.5, 0.6) is 0 Å². The molecule has 0 bridgehead atoms. The molecule has 0 saturated heterocycles. The molecule has 0 aromatic carbocycles. The lowest BCUT2D eigenvalue weighted by molar-refractivity contribution is 0.213. The molecule has 0 saturated carbocycles. The number of allylic oxidation sites excluding steroid dienone is 2. The second kappa shape index (κ2) is 5.98. The van der Waals surface area contributed by atoms with Crippen LogP contribution in [0.4, 0.5) is 0 Å². The van der Waals surface area contributed by atoms with Gasteiger partial charge in [-0.15, -0.1) is 6.58 Å². The first-order chi connectivity index (χ1) is 5.16. The van der Waals surface area contributed by atoms with E-state index >= 15 is 0 Å². The maximum atomic E-state index is 8.30. The molecule has 0 aliphatic carbocycles. The van der Waals surface area contributed by atoms with E-state index in [-0.39, 0.29) is 0 Å². The molecule has 0 unspecified atom stereocenters. The van der Waals surface area contributed by atoms with Gasteiger partial charge in [-0.25, -0.2) is 0 Å². The van der Waals surface area contributed by atoms with Crippen LogP contribution in [-0.2, 0) is 0 Å². The summed E-state index contributed by atoms with van der Waals surface area (Å²) in [5.41, 5.74) is 4.40. The molecule has 0 aromatic rings. The van der Waals surface area contributed by atoms with E-state index in [1.807, 2.05) is 19.3 Å². The van der Waals surface area contributed by atoms with Crippen molar-refractivity contribution in [3.8, 4) is 0 Å². The van der Waals surface area contributed by atoms with Gasteiger partial charge in [-0.3, -0.25) is 10.7 Å². The number of hydroxylamine groups is 1. The molecule has 64 valence electrons. The molecule has 0 fully saturated rings. The van der Waals surface area contributed by atoms with Gasteiger partial charge in [0, 0.05) is 6.20 Å². The Kier molecular flexibility index (Phi) is 5.57. The zero-order chi connectivity index (χ0) is 8.69. The summed E-state index contributed by atoms with van der Waals surface area (Å²) in [6, 6.07) is 0. The molecule has 0 spiro atoms. The highest BCUT2D eigenvalue weighted by Gasteiger charge is 1.90. The minimum absolute atomic E-state index is 1.01. The molecule has 0 aliphatic heterocycles. The molecule has 0 radical (unpaired) electrons. The second-order valence-corrected chi connectivity index (χ2v) is 2.93. The molecule has 11 heavy (non-hydrogen) atoms. The zero-order valence-corrected chi connectivity index (χ0v) is 7.35. The SMILES string of the molecule is C=C(C)CCC/C(C)=C/NO. The van der Waals surface area contributed by atoms with E-state index in [1.54, 1.807) is 6.20 Å². The third kappa shape index (κ3) is 7.13. The standard InChI is InChI=1S/C9H17NO/c1-8(2)5-4-6-9(3)7-10-11/h7,10-11H,1,4-6H2,2-3H3/b9-7+. The van der Waals surface area contributed by atoms with Crippen LogP contribution in [0.25, 0.3) is 0 Å². The molecule has 0 aliphatic rings. The topological polar surface area (TPSA) is 32.3 Å². The number of hydrogen-bond acceptors (Lipinski definition) is 2. The second-order valence-electron chi connectivity index (χ2n) is 2.93. The third-order valence-electron chi connectivity index (χ3n) is 1.49. The van der Waals surface area contributed by atoms with Gasteiger partial charge in [0.1, 0.15) is 0 Å². The minimum atomic E-state index is 1.01. The molecule has 0 heterocycles. The average Bonchev–Trinajstić information content (AvgIpc) is 1.87. The monoisotopic (exact) mass is 155 g/mol. The van der Waals surface area contributed by atoms with Crippen molar-refractivity contribution in [3.05, 3.63) is 23.9 Å². The third-order valence-corrected chi connectivity index (χ3v) is 1.49. The highest BCUT2D eigenvalue weighted by atomic mass is 16.5. The molecule has 0 aromatic heterocycles. The first kappa shape index (κ1) is 10.2. The van der Waals surface area contributed by atoms with Crippen molar-refractivity contribution < 1.29 is 5.21 Å². The fourth-order valence-corrected chi connectivity index (χ4v) is 0.851. The van der Waals surface area contributed by atoms with Crippen molar-refractivity contribution in [3.63, 3.8) is 0 Å². The van der Waals surface area contributed by atoms with E-state index < -0.39 is 0 Å². The molecule has 2 N–H and O–H groups in total. The Morgan fingerprint density at radius 2 is 2.09 bits per heavy atom. The summed E-state index contributed by atoms with van der Waals surface area (Å²) >= 11 is 0. The lowest BCUT2D eigenvalue weighted by atomic mass is 10.1. The van der Waals surface area contributed by atoms with Crippen LogP contribution in [0.1, 0.15) is 33.1 Å². The number of nitrogens with one attached hydrogen (secondary N) is 1. The summed E-state index contributed by atoms with van der Waals surface area (Å²) in [7, 11) is 0. The maximum absolute atomic E-state index is 8.30. The van der Waals surface area contributed by atoms with Crippen molar-refractivity contribution in [2.45, 2.75) is 33.1 Å². The summed E-state index contributed by atoms with van der Waals surface area (Å²) < 4.78 is 0. The van der Waals surface area contributed by atoms with E-state index in [4.69, 9.17) is 5.21 Å². The maximum Gasteiger partial charge on any atom is 0.0229 e. The lowest BCUT2D eigenvalue weighted by Gasteiger charge is -2.00. The predicted octanol–water partition coefficient (Wildman–Crippen LogP) is 2.62. The van der Waals surface area contributed by atoms with E-state index in [1.165, 1.54) is 5.57 Å². The van der Waals surface area contributed by atoms with E-state index in [0.717, 1.165) is 24.8 Å². The molecule has 0 atom stereocenters. The van der Waals surface area contributed by atoms with Crippen LogP contribution >= 0.6 is 0 Å². The normalized spacial score (nSPS) is 11.4. The summed E-state index contributed by atoms with van der Waals surface area (Å²) in [4.78, 5) is 0. The Balaban J connectivity index is 3.38. The van der Waals surface area contributed by atoms with Gasteiger partial charge in [-0.1, -0.05) is 11.1 Å². The van der Waals surface area contributed by atoms with Crippen LogP contribution in [0.15, 0.2) is 23.9 Å². The molecule has 2 nitrogen and oxygen atoms in total.